The van der Waals surface area contributed by atoms with Crippen LogP contribution in [0.15, 0.2) is 36.5 Å². The smallest absolute Gasteiger partial charge is 0.419 e. The van der Waals surface area contributed by atoms with Gasteiger partial charge in [-0.05, 0) is 30.8 Å². The third kappa shape index (κ3) is 4.21. The minimum absolute atomic E-state index is 0.0523. The van der Waals surface area contributed by atoms with Crippen molar-refractivity contribution in [2.45, 2.75) is 6.18 Å². The van der Waals surface area contributed by atoms with E-state index in [0.29, 0.717) is 37.3 Å². The maximum Gasteiger partial charge on any atom is 0.419 e. The van der Waals surface area contributed by atoms with Crippen LogP contribution in [0.1, 0.15) is 15.9 Å². The zero-order valence-electron chi connectivity index (χ0n) is 15.1. The highest BCUT2D eigenvalue weighted by molar-refractivity contribution is 5.91. The molecule has 0 atom stereocenters. The molecule has 0 amide bonds. The van der Waals surface area contributed by atoms with Crippen molar-refractivity contribution in [1.29, 1.82) is 0 Å². The summed E-state index contributed by atoms with van der Waals surface area (Å²) in [4.78, 5) is 19.5. The Morgan fingerprint density at radius 2 is 1.81 bits per heavy atom. The minimum atomic E-state index is -4.53. The number of benzene rings is 1. The molecule has 0 aliphatic carbocycles. The maximum absolute atomic E-state index is 13.7. The van der Waals surface area contributed by atoms with Gasteiger partial charge in [-0.2, -0.15) is 13.2 Å². The molecule has 5 nitrogen and oxygen atoms in total. The van der Waals surface area contributed by atoms with Gasteiger partial charge in [0.25, 0.3) is 0 Å². The first kappa shape index (κ1) is 19.2. The quantitative estimate of drug-likeness (QED) is 0.766. The second kappa shape index (κ2) is 7.56. The van der Waals surface area contributed by atoms with E-state index in [1.165, 1.54) is 19.4 Å². The van der Waals surface area contributed by atoms with Gasteiger partial charge < -0.3 is 14.5 Å². The molecule has 1 saturated heterocycles. The van der Waals surface area contributed by atoms with Crippen LogP contribution in [0, 0.1) is 0 Å². The summed E-state index contributed by atoms with van der Waals surface area (Å²) >= 11 is 0. The van der Waals surface area contributed by atoms with E-state index in [4.69, 9.17) is 0 Å². The number of likely N-dealkylation sites (N-methyl/N-ethyl adjacent to an activating group) is 1. The van der Waals surface area contributed by atoms with Crippen LogP contribution < -0.4 is 4.90 Å². The van der Waals surface area contributed by atoms with Crippen molar-refractivity contribution in [3.8, 4) is 11.1 Å². The molecular formula is C19H20F3N3O2. The van der Waals surface area contributed by atoms with Crippen LogP contribution in [0.25, 0.3) is 11.1 Å². The second-order valence-electron chi connectivity index (χ2n) is 6.46. The number of rotatable bonds is 3. The Morgan fingerprint density at radius 3 is 2.44 bits per heavy atom. The number of carbonyl (C=O) groups excluding carboxylic acids is 1. The van der Waals surface area contributed by atoms with E-state index in [1.54, 1.807) is 23.1 Å². The zero-order chi connectivity index (χ0) is 19.6. The van der Waals surface area contributed by atoms with Gasteiger partial charge in [0, 0.05) is 37.9 Å². The van der Waals surface area contributed by atoms with E-state index < -0.39 is 17.7 Å². The lowest BCUT2D eigenvalue weighted by atomic mass is 10.0. The summed E-state index contributed by atoms with van der Waals surface area (Å²) in [6.45, 7) is 2.34. The van der Waals surface area contributed by atoms with Gasteiger partial charge in [-0.3, -0.25) is 0 Å². The molecule has 0 N–H and O–H groups in total. The van der Waals surface area contributed by atoms with E-state index in [9.17, 15) is 18.0 Å². The molecule has 1 aliphatic rings. The largest absolute Gasteiger partial charge is 0.465 e. The molecule has 27 heavy (non-hydrogen) atoms. The van der Waals surface area contributed by atoms with E-state index in [1.807, 2.05) is 7.05 Å². The number of aromatic nitrogens is 1. The second-order valence-corrected chi connectivity index (χ2v) is 6.46. The van der Waals surface area contributed by atoms with Crippen LogP contribution >= 0.6 is 0 Å². The SMILES string of the molecule is COC(=O)c1cccc(-c2cnc(N3CCN(C)CC3)c(C(F)(F)F)c2)c1. The summed E-state index contributed by atoms with van der Waals surface area (Å²) < 4.78 is 45.7. The summed E-state index contributed by atoms with van der Waals surface area (Å²) in [6, 6.07) is 7.38. The third-order valence-electron chi connectivity index (χ3n) is 4.59. The number of anilines is 1. The summed E-state index contributed by atoms with van der Waals surface area (Å²) in [5.41, 5.74) is 0.270. The third-order valence-corrected chi connectivity index (χ3v) is 4.59. The molecule has 2 heterocycles. The number of carbonyl (C=O) groups is 1. The molecule has 0 bridgehead atoms. The number of halogens is 3. The predicted molar refractivity (Wildman–Crippen MR) is 95.7 cm³/mol. The van der Waals surface area contributed by atoms with Crippen LogP contribution in [-0.2, 0) is 10.9 Å². The first-order valence-electron chi connectivity index (χ1n) is 8.49. The molecule has 1 aliphatic heterocycles. The Labute approximate surface area is 155 Å². The van der Waals surface area contributed by atoms with Crippen molar-refractivity contribution >= 4 is 11.8 Å². The van der Waals surface area contributed by atoms with Crippen molar-refractivity contribution in [3.05, 3.63) is 47.7 Å². The van der Waals surface area contributed by atoms with E-state index in [-0.39, 0.29) is 11.4 Å². The Hall–Kier alpha value is -2.61. The van der Waals surface area contributed by atoms with Crippen molar-refractivity contribution < 1.29 is 22.7 Å². The highest BCUT2D eigenvalue weighted by atomic mass is 19.4. The summed E-state index contributed by atoms with van der Waals surface area (Å²) in [6.07, 6.45) is -3.11. The number of esters is 1. The Morgan fingerprint density at radius 1 is 1.11 bits per heavy atom. The lowest BCUT2D eigenvalue weighted by molar-refractivity contribution is -0.137. The van der Waals surface area contributed by atoms with E-state index in [0.717, 1.165) is 6.07 Å². The first-order valence-corrected chi connectivity index (χ1v) is 8.49. The summed E-state index contributed by atoms with van der Waals surface area (Å²) in [5.74, 6) is -0.599. The number of alkyl halides is 3. The fourth-order valence-corrected chi connectivity index (χ4v) is 3.04. The molecule has 0 spiro atoms. The fourth-order valence-electron chi connectivity index (χ4n) is 3.04. The van der Waals surface area contributed by atoms with Crippen LogP contribution in [-0.4, -0.2) is 56.2 Å². The highest BCUT2D eigenvalue weighted by Gasteiger charge is 2.37. The van der Waals surface area contributed by atoms with E-state index >= 15 is 0 Å². The number of ether oxygens (including phenoxy) is 1. The molecule has 3 rings (SSSR count). The number of nitrogens with zero attached hydrogens (tertiary/aromatic N) is 3. The molecule has 1 aromatic heterocycles. The van der Waals surface area contributed by atoms with Crippen LogP contribution in [0.5, 0.6) is 0 Å². The lowest BCUT2D eigenvalue weighted by Gasteiger charge is -2.34. The molecule has 144 valence electrons. The van der Waals surface area contributed by atoms with Gasteiger partial charge in [0.2, 0.25) is 0 Å². The van der Waals surface area contributed by atoms with Gasteiger partial charge >= 0.3 is 12.1 Å². The highest BCUT2D eigenvalue weighted by Crippen LogP contribution is 2.38. The van der Waals surface area contributed by atoms with Crippen molar-refractivity contribution in [2.24, 2.45) is 0 Å². The molecule has 1 aromatic carbocycles. The Bertz CT molecular complexity index is 831. The van der Waals surface area contributed by atoms with E-state index in [2.05, 4.69) is 14.6 Å². The predicted octanol–water partition coefficient (Wildman–Crippen LogP) is 3.31. The lowest BCUT2D eigenvalue weighted by Crippen LogP contribution is -2.45. The molecule has 0 saturated carbocycles. The first-order chi connectivity index (χ1) is 12.8. The maximum atomic E-state index is 13.7. The van der Waals surface area contributed by atoms with Crippen LogP contribution in [0.3, 0.4) is 0 Å². The van der Waals surface area contributed by atoms with Crippen molar-refractivity contribution in [3.63, 3.8) is 0 Å². The summed E-state index contributed by atoms with van der Waals surface area (Å²) in [7, 11) is 3.19. The fraction of sp³-hybridized carbons (Fsp3) is 0.368. The molecule has 0 unspecified atom stereocenters. The molecule has 0 radical (unpaired) electrons. The Kier molecular flexibility index (Phi) is 5.36. The molecule has 1 fully saturated rings. The van der Waals surface area contributed by atoms with Crippen molar-refractivity contribution in [2.75, 3.05) is 45.2 Å². The molecule has 8 heteroatoms. The number of hydrogen-bond acceptors (Lipinski definition) is 5. The van der Waals surface area contributed by atoms with Gasteiger partial charge in [0.1, 0.15) is 5.82 Å². The average Bonchev–Trinajstić information content (AvgIpc) is 2.67. The van der Waals surface area contributed by atoms with Crippen molar-refractivity contribution in [1.82, 2.24) is 9.88 Å². The normalized spacial score (nSPS) is 15.7. The van der Waals surface area contributed by atoms with Gasteiger partial charge in [-0.15, -0.1) is 0 Å². The van der Waals surface area contributed by atoms with Gasteiger partial charge in [0.05, 0.1) is 18.2 Å². The monoisotopic (exact) mass is 379 g/mol. The number of methoxy groups -OCH3 is 1. The number of piperazine rings is 1. The standard InChI is InChI=1S/C19H20F3N3O2/c1-24-6-8-25(9-7-24)17-16(19(20,21)22)11-15(12-23-17)13-4-3-5-14(10-13)18(26)27-2/h3-5,10-12H,6-9H2,1-2H3. The molecular weight excluding hydrogens is 359 g/mol. The van der Waals surface area contributed by atoms with Crippen LogP contribution in [0.2, 0.25) is 0 Å². The molecule has 2 aromatic rings. The Balaban J connectivity index is 2.00. The van der Waals surface area contributed by atoms with Gasteiger partial charge in [-0.1, -0.05) is 12.1 Å². The average molecular weight is 379 g/mol. The van der Waals surface area contributed by atoms with Gasteiger partial charge in [-0.25, -0.2) is 9.78 Å². The van der Waals surface area contributed by atoms with Gasteiger partial charge in [0.15, 0.2) is 0 Å². The number of hydrogen-bond donors (Lipinski definition) is 0. The number of pyridine rings is 1. The zero-order valence-corrected chi connectivity index (χ0v) is 15.1. The topological polar surface area (TPSA) is 45.7 Å². The minimum Gasteiger partial charge on any atom is -0.465 e. The summed E-state index contributed by atoms with van der Waals surface area (Å²) in [5, 5.41) is 0. The van der Waals surface area contributed by atoms with Crippen LogP contribution in [0.4, 0.5) is 19.0 Å².